The Morgan fingerprint density at radius 1 is 1.28 bits per heavy atom. The maximum Gasteiger partial charge on any atom is 0.119 e. The standard InChI is InChI=1S/C20H30N4O/c1-16(2)17-5-7-20(8-6-17)25-12-11-23(3)15-18-13-19-14-21-9-4-10-24(19)22-18/h5-8,13,16,21H,4,9-12,14-15H2,1-3H3. The van der Waals surface area contributed by atoms with Crippen molar-refractivity contribution in [3.05, 3.63) is 47.3 Å². The molecule has 0 bridgehead atoms. The molecule has 1 aliphatic rings. The van der Waals surface area contributed by atoms with Gasteiger partial charge in [-0.05, 0) is 49.7 Å². The lowest BCUT2D eigenvalue weighted by Gasteiger charge is -2.16. The number of likely N-dealkylation sites (N-methyl/N-ethyl adjacent to an activating group) is 1. The quantitative estimate of drug-likeness (QED) is 0.840. The summed E-state index contributed by atoms with van der Waals surface area (Å²) < 4.78 is 8.02. The lowest BCUT2D eigenvalue weighted by molar-refractivity contribution is 0.231. The lowest BCUT2D eigenvalue weighted by Crippen LogP contribution is -2.24. The molecule has 0 aliphatic carbocycles. The van der Waals surface area contributed by atoms with Gasteiger partial charge >= 0.3 is 0 Å². The van der Waals surface area contributed by atoms with Crippen LogP contribution in [0.4, 0.5) is 0 Å². The zero-order valence-corrected chi connectivity index (χ0v) is 15.7. The maximum absolute atomic E-state index is 5.87. The Kier molecular flexibility index (Phi) is 6.10. The van der Waals surface area contributed by atoms with Crippen LogP contribution in [0.15, 0.2) is 30.3 Å². The molecule has 0 radical (unpaired) electrons. The molecule has 2 heterocycles. The Morgan fingerprint density at radius 3 is 2.84 bits per heavy atom. The topological polar surface area (TPSA) is 42.3 Å². The number of nitrogens with one attached hydrogen (secondary N) is 1. The van der Waals surface area contributed by atoms with E-state index in [-0.39, 0.29) is 0 Å². The number of aromatic nitrogens is 2. The van der Waals surface area contributed by atoms with Gasteiger partial charge in [-0.3, -0.25) is 9.58 Å². The SMILES string of the molecule is CC(C)c1ccc(OCCN(C)Cc2cc3n(n2)CCCNC3)cc1. The molecule has 3 rings (SSSR count). The second kappa shape index (κ2) is 8.50. The number of hydrogen-bond donors (Lipinski definition) is 1. The Labute approximate surface area is 151 Å². The van der Waals surface area contributed by atoms with Crippen LogP contribution in [0.2, 0.25) is 0 Å². The smallest absolute Gasteiger partial charge is 0.119 e. The molecule has 0 spiro atoms. The average molecular weight is 342 g/mol. The summed E-state index contributed by atoms with van der Waals surface area (Å²) in [4.78, 5) is 2.26. The Balaban J connectivity index is 1.44. The van der Waals surface area contributed by atoms with E-state index in [1.165, 1.54) is 11.3 Å². The summed E-state index contributed by atoms with van der Waals surface area (Å²) in [5.41, 5.74) is 3.78. The first-order valence-electron chi connectivity index (χ1n) is 9.29. The second-order valence-corrected chi connectivity index (χ2v) is 7.19. The number of aryl methyl sites for hydroxylation is 1. The number of rotatable bonds is 7. The Bertz CT molecular complexity index is 639. The second-order valence-electron chi connectivity index (χ2n) is 7.19. The predicted molar refractivity (Wildman–Crippen MR) is 101 cm³/mol. The molecule has 1 aromatic heterocycles. The van der Waals surface area contributed by atoms with Crippen molar-refractivity contribution in [3.63, 3.8) is 0 Å². The van der Waals surface area contributed by atoms with E-state index in [1.807, 2.05) is 0 Å². The third-order valence-corrected chi connectivity index (χ3v) is 4.66. The highest BCUT2D eigenvalue weighted by molar-refractivity contribution is 5.28. The van der Waals surface area contributed by atoms with Crippen molar-refractivity contribution in [2.75, 3.05) is 26.7 Å². The fourth-order valence-electron chi connectivity index (χ4n) is 3.12. The summed E-state index contributed by atoms with van der Waals surface area (Å²) in [6, 6.07) is 10.6. The summed E-state index contributed by atoms with van der Waals surface area (Å²) in [5, 5.41) is 8.18. The van der Waals surface area contributed by atoms with Crippen LogP contribution in [0.1, 0.15) is 43.1 Å². The normalized spacial score (nSPS) is 14.6. The molecular weight excluding hydrogens is 312 g/mol. The Hall–Kier alpha value is -1.85. The highest BCUT2D eigenvalue weighted by atomic mass is 16.5. The van der Waals surface area contributed by atoms with Gasteiger partial charge in [-0.2, -0.15) is 5.10 Å². The van der Waals surface area contributed by atoms with Crippen LogP contribution in [0, 0.1) is 0 Å². The van der Waals surface area contributed by atoms with Crippen LogP contribution in [0.5, 0.6) is 5.75 Å². The zero-order valence-electron chi connectivity index (χ0n) is 15.7. The molecular formula is C20H30N4O. The largest absolute Gasteiger partial charge is 0.492 e. The van der Waals surface area contributed by atoms with Gasteiger partial charge in [-0.15, -0.1) is 0 Å². The highest BCUT2D eigenvalue weighted by Gasteiger charge is 2.12. The summed E-state index contributed by atoms with van der Waals surface area (Å²) in [6.45, 7) is 9.85. The van der Waals surface area contributed by atoms with E-state index < -0.39 is 0 Å². The van der Waals surface area contributed by atoms with Gasteiger partial charge in [0.25, 0.3) is 0 Å². The third-order valence-electron chi connectivity index (χ3n) is 4.66. The predicted octanol–water partition coefficient (Wildman–Crippen LogP) is 3.01. The van der Waals surface area contributed by atoms with Gasteiger partial charge in [0.2, 0.25) is 0 Å². The minimum absolute atomic E-state index is 0.556. The third kappa shape index (κ3) is 5.06. The first-order valence-corrected chi connectivity index (χ1v) is 9.29. The monoisotopic (exact) mass is 342 g/mol. The molecule has 5 nitrogen and oxygen atoms in total. The van der Waals surface area contributed by atoms with Gasteiger partial charge in [0, 0.05) is 26.2 Å². The summed E-state index contributed by atoms with van der Waals surface area (Å²) in [6.07, 6.45) is 1.15. The van der Waals surface area contributed by atoms with Gasteiger partial charge < -0.3 is 10.1 Å². The van der Waals surface area contributed by atoms with Crippen molar-refractivity contribution < 1.29 is 4.74 Å². The minimum Gasteiger partial charge on any atom is -0.492 e. The number of ether oxygens (including phenoxy) is 1. The van der Waals surface area contributed by atoms with Crippen molar-refractivity contribution in [1.29, 1.82) is 0 Å². The molecule has 0 atom stereocenters. The zero-order chi connectivity index (χ0) is 17.6. The van der Waals surface area contributed by atoms with Crippen LogP contribution < -0.4 is 10.1 Å². The summed E-state index contributed by atoms with van der Waals surface area (Å²) in [5.74, 6) is 1.50. The van der Waals surface area contributed by atoms with Crippen molar-refractivity contribution >= 4 is 0 Å². The van der Waals surface area contributed by atoms with Gasteiger partial charge in [0.05, 0.1) is 11.4 Å². The van der Waals surface area contributed by atoms with Gasteiger partial charge in [-0.25, -0.2) is 0 Å². The van der Waals surface area contributed by atoms with Crippen molar-refractivity contribution in [3.8, 4) is 5.75 Å². The number of benzene rings is 1. The first kappa shape index (κ1) is 18.0. The maximum atomic E-state index is 5.87. The van der Waals surface area contributed by atoms with E-state index in [0.717, 1.165) is 50.6 Å². The molecule has 0 fully saturated rings. The lowest BCUT2D eigenvalue weighted by atomic mass is 10.0. The van der Waals surface area contributed by atoms with Crippen LogP contribution in [-0.2, 0) is 19.6 Å². The van der Waals surface area contributed by atoms with Crippen molar-refractivity contribution in [2.24, 2.45) is 0 Å². The minimum atomic E-state index is 0.556. The van der Waals surface area contributed by atoms with Crippen LogP contribution in [0.3, 0.4) is 0 Å². The molecule has 2 aromatic rings. The van der Waals surface area contributed by atoms with Crippen molar-refractivity contribution in [2.45, 2.75) is 45.8 Å². The van der Waals surface area contributed by atoms with Crippen LogP contribution in [0.25, 0.3) is 0 Å². The van der Waals surface area contributed by atoms with Gasteiger partial charge in [0.1, 0.15) is 12.4 Å². The van der Waals surface area contributed by atoms with E-state index in [9.17, 15) is 0 Å². The summed E-state index contributed by atoms with van der Waals surface area (Å²) in [7, 11) is 2.12. The molecule has 1 aromatic carbocycles. The molecule has 0 amide bonds. The summed E-state index contributed by atoms with van der Waals surface area (Å²) >= 11 is 0. The number of nitrogens with zero attached hydrogens (tertiary/aromatic N) is 3. The molecule has 0 saturated heterocycles. The number of hydrogen-bond acceptors (Lipinski definition) is 4. The molecule has 136 valence electrons. The average Bonchev–Trinajstić information content (AvgIpc) is 2.83. The van der Waals surface area contributed by atoms with E-state index in [1.54, 1.807) is 0 Å². The molecule has 1 N–H and O–H groups in total. The highest BCUT2D eigenvalue weighted by Crippen LogP contribution is 2.18. The molecule has 25 heavy (non-hydrogen) atoms. The molecule has 1 aliphatic heterocycles. The first-order chi connectivity index (χ1) is 12.1. The van der Waals surface area contributed by atoms with E-state index in [0.29, 0.717) is 12.5 Å². The number of fused-ring (bicyclic) bond motifs is 1. The van der Waals surface area contributed by atoms with Gasteiger partial charge in [0.15, 0.2) is 0 Å². The fraction of sp³-hybridized carbons (Fsp3) is 0.550. The Morgan fingerprint density at radius 2 is 2.08 bits per heavy atom. The van der Waals surface area contributed by atoms with Crippen LogP contribution in [-0.4, -0.2) is 41.4 Å². The molecule has 0 saturated carbocycles. The van der Waals surface area contributed by atoms with Gasteiger partial charge in [-0.1, -0.05) is 26.0 Å². The molecule has 0 unspecified atom stereocenters. The fourth-order valence-corrected chi connectivity index (χ4v) is 3.12. The van der Waals surface area contributed by atoms with Crippen LogP contribution >= 0.6 is 0 Å². The van der Waals surface area contributed by atoms with E-state index in [4.69, 9.17) is 9.84 Å². The van der Waals surface area contributed by atoms with Crippen molar-refractivity contribution in [1.82, 2.24) is 20.0 Å². The van der Waals surface area contributed by atoms with E-state index in [2.05, 4.69) is 66.1 Å². The van der Waals surface area contributed by atoms with E-state index >= 15 is 0 Å². The molecule has 5 heteroatoms.